The van der Waals surface area contributed by atoms with Crippen molar-refractivity contribution in [1.29, 1.82) is 0 Å². The van der Waals surface area contributed by atoms with Gasteiger partial charge in [-0.3, -0.25) is 9.69 Å². The van der Waals surface area contributed by atoms with E-state index >= 15 is 0 Å². The molecule has 0 atom stereocenters. The van der Waals surface area contributed by atoms with Crippen LogP contribution in [-0.4, -0.2) is 64.8 Å². The monoisotopic (exact) mass is 528 g/mol. The van der Waals surface area contributed by atoms with Gasteiger partial charge in [0.25, 0.3) is 5.91 Å². The molecular weight excluding hydrogens is 501 g/mol. The van der Waals surface area contributed by atoms with Crippen molar-refractivity contribution < 1.29 is 18.0 Å². The molecule has 7 nitrogen and oxygen atoms in total. The number of piperazine rings is 1. The van der Waals surface area contributed by atoms with Gasteiger partial charge in [0.2, 0.25) is 0 Å². The van der Waals surface area contributed by atoms with Crippen molar-refractivity contribution in [2.24, 2.45) is 0 Å². The molecule has 2 aromatic carbocycles. The van der Waals surface area contributed by atoms with Crippen LogP contribution in [0.15, 0.2) is 60.0 Å². The summed E-state index contributed by atoms with van der Waals surface area (Å²) in [5, 5.41) is 2.80. The van der Waals surface area contributed by atoms with Crippen LogP contribution in [0.25, 0.3) is 0 Å². The van der Waals surface area contributed by atoms with Crippen molar-refractivity contribution in [2.75, 3.05) is 49.3 Å². The van der Waals surface area contributed by atoms with Gasteiger partial charge in [-0.15, -0.1) is 11.8 Å². The van der Waals surface area contributed by atoms with Crippen LogP contribution in [-0.2, 0) is 19.3 Å². The van der Waals surface area contributed by atoms with Gasteiger partial charge in [0, 0.05) is 55.4 Å². The first-order chi connectivity index (χ1) is 17.7. The summed E-state index contributed by atoms with van der Waals surface area (Å²) in [4.78, 5) is 28.8. The molecule has 1 fully saturated rings. The molecule has 0 bridgehead atoms. The number of carbonyl (C=O) groups excluding carboxylic acids is 1. The van der Waals surface area contributed by atoms with Crippen molar-refractivity contribution in [3.63, 3.8) is 0 Å². The van der Waals surface area contributed by atoms with Gasteiger partial charge in [0.1, 0.15) is 6.33 Å². The summed E-state index contributed by atoms with van der Waals surface area (Å²) >= 11 is 1.66. The number of nitrogens with one attached hydrogen (secondary N) is 1. The van der Waals surface area contributed by atoms with Crippen LogP contribution >= 0.6 is 11.8 Å². The van der Waals surface area contributed by atoms with Gasteiger partial charge < -0.3 is 15.1 Å². The van der Waals surface area contributed by atoms with E-state index in [0.717, 1.165) is 60.3 Å². The first kappa shape index (κ1) is 25.5. The standard InChI is InChI=1S/C26H27F3N6OS/c1-33-4-6-34(7-5-33)14-18-8-19(10-21(9-18)26(27,28)29)25(36)32-22-2-3-24-20(11-22)15-35(17-37-24)23-12-30-16-31-13-23/h2-3,8-13,16H,4-7,14-15,17H2,1H3,(H,32,36). The van der Waals surface area contributed by atoms with Gasteiger partial charge >= 0.3 is 6.18 Å². The van der Waals surface area contributed by atoms with Crippen LogP contribution in [0.2, 0.25) is 0 Å². The van der Waals surface area contributed by atoms with E-state index in [1.807, 2.05) is 19.2 Å². The highest BCUT2D eigenvalue weighted by atomic mass is 32.2. The Balaban J connectivity index is 1.34. The first-order valence-corrected chi connectivity index (χ1v) is 12.9. The molecule has 2 aliphatic heterocycles. The average molecular weight is 529 g/mol. The summed E-state index contributed by atoms with van der Waals surface area (Å²) in [7, 11) is 2.02. The summed E-state index contributed by atoms with van der Waals surface area (Å²) in [6.07, 6.45) is 0.433. The third-order valence-corrected chi connectivity index (χ3v) is 7.70. The van der Waals surface area contributed by atoms with Crippen LogP contribution in [0, 0.1) is 0 Å². The highest BCUT2D eigenvalue weighted by Gasteiger charge is 2.32. The number of thioether (sulfide) groups is 1. The molecule has 0 spiro atoms. The number of hydrogen-bond donors (Lipinski definition) is 1. The topological polar surface area (TPSA) is 64.6 Å². The Morgan fingerprint density at radius 2 is 1.81 bits per heavy atom. The van der Waals surface area contributed by atoms with Crippen molar-refractivity contribution in [3.8, 4) is 0 Å². The summed E-state index contributed by atoms with van der Waals surface area (Å²) in [6, 6.07) is 9.22. The van der Waals surface area contributed by atoms with Crippen LogP contribution in [0.3, 0.4) is 0 Å². The number of benzene rings is 2. The van der Waals surface area contributed by atoms with E-state index in [-0.39, 0.29) is 5.56 Å². The summed E-state index contributed by atoms with van der Waals surface area (Å²) < 4.78 is 41.0. The molecule has 194 valence electrons. The Hall–Kier alpha value is -3.15. The number of nitrogens with zero attached hydrogens (tertiary/aromatic N) is 5. The van der Waals surface area contributed by atoms with Crippen LogP contribution in [0.4, 0.5) is 24.5 Å². The number of carbonyl (C=O) groups is 1. The molecule has 5 rings (SSSR count). The van der Waals surface area contributed by atoms with Crippen molar-refractivity contribution in [1.82, 2.24) is 19.8 Å². The van der Waals surface area contributed by atoms with E-state index in [2.05, 4.69) is 30.0 Å². The van der Waals surface area contributed by atoms with Crippen molar-refractivity contribution in [2.45, 2.75) is 24.2 Å². The third-order valence-electron chi connectivity index (χ3n) is 6.55. The largest absolute Gasteiger partial charge is 0.416 e. The number of anilines is 2. The smallest absolute Gasteiger partial charge is 0.355 e. The zero-order valence-electron chi connectivity index (χ0n) is 20.3. The first-order valence-electron chi connectivity index (χ1n) is 11.9. The average Bonchev–Trinajstić information content (AvgIpc) is 2.89. The molecular formula is C26H27F3N6OS. The lowest BCUT2D eigenvalue weighted by molar-refractivity contribution is -0.137. The quantitative estimate of drug-likeness (QED) is 0.521. The number of halogens is 3. The fourth-order valence-corrected chi connectivity index (χ4v) is 5.49. The lowest BCUT2D eigenvalue weighted by Crippen LogP contribution is -2.43. The molecule has 0 radical (unpaired) electrons. The van der Waals surface area contributed by atoms with Crippen LogP contribution in [0.1, 0.15) is 27.0 Å². The number of aromatic nitrogens is 2. The number of likely N-dealkylation sites (N-methyl/N-ethyl adjacent to an activating group) is 1. The number of alkyl halides is 3. The molecule has 3 aromatic rings. The van der Waals surface area contributed by atoms with E-state index in [1.54, 1.807) is 36.3 Å². The predicted octanol–water partition coefficient (Wildman–Crippen LogP) is 4.56. The summed E-state index contributed by atoms with van der Waals surface area (Å²) in [5.41, 5.74) is 2.10. The second kappa shape index (κ2) is 10.7. The molecule has 11 heteroatoms. The summed E-state index contributed by atoms with van der Waals surface area (Å²) in [6.45, 7) is 4.24. The third kappa shape index (κ3) is 6.23. The van der Waals surface area contributed by atoms with Crippen molar-refractivity contribution in [3.05, 3.63) is 77.4 Å². The number of rotatable bonds is 5. The second-order valence-corrected chi connectivity index (χ2v) is 10.3. The van der Waals surface area contributed by atoms with Gasteiger partial charge in [-0.1, -0.05) is 0 Å². The zero-order valence-corrected chi connectivity index (χ0v) is 21.1. The van der Waals surface area contributed by atoms with Crippen LogP contribution in [0.5, 0.6) is 0 Å². The fourth-order valence-electron chi connectivity index (χ4n) is 4.49. The highest BCUT2D eigenvalue weighted by molar-refractivity contribution is 7.99. The van der Waals surface area contributed by atoms with E-state index in [4.69, 9.17) is 0 Å². The molecule has 2 aliphatic rings. The minimum Gasteiger partial charge on any atom is -0.355 e. The van der Waals surface area contributed by atoms with E-state index in [0.29, 0.717) is 24.3 Å². The predicted molar refractivity (Wildman–Crippen MR) is 138 cm³/mol. The minimum atomic E-state index is -4.54. The molecule has 37 heavy (non-hydrogen) atoms. The maximum Gasteiger partial charge on any atom is 0.416 e. The molecule has 0 unspecified atom stereocenters. The minimum absolute atomic E-state index is 0.00545. The van der Waals surface area contributed by atoms with Crippen LogP contribution < -0.4 is 10.2 Å². The normalized spacial score (nSPS) is 16.9. The number of hydrogen-bond acceptors (Lipinski definition) is 7. The SMILES string of the molecule is CN1CCN(Cc2cc(C(=O)Nc3ccc4c(c3)CN(c3cncnc3)CS4)cc(C(F)(F)F)c2)CC1. The lowest BCUT2D eigenvalue weighted by atomic mass is 10.0. The maximum absolute atomic E-state index is 13.7. The van der Waals surface area contributed by atoms with Gasteiger partial charge in [-0.2, -0.15) is 13.2 Å². The fraction of sp³-hybridized carbons (Fsp3) is 0.346. The zero-order chi connectivity index (χ0) is 26.0. The van der Waals surface area contributed by atoms with Gasteiger partial charge in [-0.05, 0) is 54.6 Å². The number of fused-ring (bicyclic) bond motifs is 1. The number of amides is 1. The van der Waals surface area contributed by atoms with Gasteiger partial charge in [0.15, 0.2) is 0 Å². The Labute approximate surface area is 217 Å². The molecule has 1 amide bonds. The van der Waals surface area contributed by atoms with E-state index in [1.165, 1.54) is 6.33 Å². The second-order valence-electron chi connectivity index (χ2n) is 9.34. The van der Waals surface area contributed by atoms with E-state index < -0.39 is 17.6 Å². The molecule has 0 aliphatic carbocycles. The summed E-state index contributed by atoms with van der Waals surface area (Å²) in [5.74, 6) is 0.175. The lowest BCUT2D eigenvalue weighted by Gasteiger charge is -2.32. The van der Waals surface area contributed by atoms with Gasteiger partial charge in [0.05, 0.1) is 29.5 Å². The molecule has 1 N–H and O–H groups in total. The Morgan fingerprint density at radius 3 is 2.54 bits per heavy atom. The Morgan fingerprint density at radius 1 is 1.05 bits per heavy atom. The Bertz CT molecular complexity index is 1260. The molecule has 3 heterocycles. The molecule has 1 saturated heterocycles. The van der Waals surface area contributed by atoms with Crippen molar-refractivity contribution >= 4 is 29.0 Å². The highest BCUT2D eigenvalue weighted by Crippen LogP contribution is 2.35. The van der Waals surface area contributed by atoms with E-state index in [9.17, 15) is 18.0 Å². The maximum atomic E-state index is 13.7. The molecule has 1 aromatic heterocycles. The Kier molecular flexibility index (Phi) is 7.36. The van der Waals surface area contributed by atoms with Gasteiger partial charge in [-0.25, -0.2) is 9.97 Å². The molecule has 0 saturated carbocycles.